The second-order valence-corrected chi connectivity index (χ2v) is 7.25. The molecule has 0 bridgehead atoms. The molecule has 0 amide bonds. The van der Waals surface area contributed by atoms with E-state index in [0.717, 1.165) is 10.9 Å². The lowest BCUT2D eigenvalue weighted by molar-refractivity contribution is 0.0957. The maximum absolute atomic E-state index is 9.86. The lowest BCUT2D eigenvalue weighted by Gasteiger charge is -2.18. The van der Waals surface area contributed by atoms with E-state index in [4.69, 9.17) is 39.9 Å². The van der Waals surface area contributed by atoms with Crippen LogP contribution < -0.4 is 0 Å². The minimum atomic E-state index is -0.871. The third-order valence-corrected chi connectivity index (χ3v) is 5.30. The van der Waals surface area contributed by atoms with Crippen LogP contribution in [0.4, 0.5) is 0 Å². The Hall–Kier alpha value is -1.33. The number of benzene rings is 3. The van der Waals surface area contributed by atoms with Crippen LogP contribution in [0.2, 0.25) is 15.1 Å². The molecule has 6 heteroatoms. The van der Waals surface area contributed by atoms with Gasteiger partial charge in [-0.25, -0.2) is 0 Å². The molecule has 3 rings (SSSR count). The zero-order valence-corrected chi connectivity index (χ0v) is 16.0. The van der Waals surface area contributed by atoms with Crippen molar-refractivity contribution in [2.75, 3.05) is 6.61 Å². The molecule has 3 aromatic carbocycles. The van der Waals surface area contributed by atoms with Crippen LogP contribution >= 0.6 is 34.8 Å². The first-order chi connectivity index (χ1) is 12.5. The van der Waals surface area contributed by atoms with Gasteiger partial charge in [0.25, 0.3) is 0 Å². The van der Waals surface area contributed by atoms with E-state index in [9.17, 15) is 10.2 Å². The zero-order chi connectivity index (χ0) is 18.8. The van der Waals surface area contributed by atoms with Gasteiger partial charge in [-0.15, -0.1) is 0 Å². The van der Waals surface area contributed by atoms with Crippen molar-refractivity contribution in [2.45, 2.75) is 19.1 Å². The monoisotopic (exact) mass is 410 g/mol. The predicted molar refractivity (Wildman–Crippen MR) is 107 cm³/mol. The molecule has 136 valence electrons. The quantitative estimate of drug-likeness (QED) is 0.562. The van der Waals surface area contributed by atoms with Gasteiger partial charge in [0.1, 0.15) is 0 Å². The summed E-state index contributed by atoms with van der Waals surface area (Å²) in [6, 6.07) is 12.4. The molecule has 0 aliphatic rings. The van der Waals surface area contributed by atoms with E-state index in [2.05, 4.69) is 0 Å². The number of fused-ring (bicyclic) bond motifs is 1. The summed E-state index contributed by atoms with van der Waals surface area (Å²) in [5, 5.41) is 31.8. The fraction of sp³-hybridized carbons (Fsp3) is 0.200. The van der Waals surface area contributed by atoms with Crippen molar-refractivity contribution in [3.05, 3.63) is 68.7 Å². The molecule has 1 unspecified atom stereocenters. The van der Waals surface area contributed by atoms with Crippen LogP contribution in [0.15, 0.2) is 42.5 Å². The van der Waals surface area contributed by atoms with Crippen LogP contribution in [-0.4, -0.2) is 28.0 Å². The lowest BCUT2D eigenvalue weighted by Crippen LogP contribution is -2.15. The van der Waals surface area contributed by atoms with Gasteiger partial charge >= 0.3 is 0 Å². The minimum Gasteiger partial charge on any atom is -0.394 e. The Labute approximate surface area is 166 Å². The summed E-state index contributed by atoms with van der Waals surface area (Å²) in [5.74, 6) is 0. The van der Waals surface area contributed by atoms with Gasteiger partial charge in [-0.3, -0.25) is 0 Å². The molecule has 0 aliphatic heterocycles. The van der Waals surface area contributed by atoms with Crippen LogP contribution in [0, 0.1) is 0 Å². The highest BCUT2D eigenvalue weighted by atomic mass is 35.5. The van der Waals surface area contributed by atoms with Gasteiger partial charge in [0.05, 0.1) is 19.3 Å². The average molecular weight is 412 g/mol. The number of aliphatic hydroxyl groups excluding tert-OH is 3. The Morgan fingerprint density at radius 3 is 2.04 bits per heavy atom. The van der Waals surface area contributed by atoms with Crippen molar-refractivity contribution in [1.29, 1.82) is 0 Å². The summed E-state index contributed by atoms with van der Waals surface area (Å²) in [4.78, 5) is 0. The van der Waals surface area contributed by atoms with E-state index in [1.807, 2.05) is 12.1 Å². The van der Waals surface area contributed by atoms with Crippen molar-refractivity contribution in [2.24, 2.45) is 0 Å². The zero-order valence-electron chi connectivity index (χ0n) is 13.7. The molecular weight excluding hydrogens is 395 g/mol. The van der Waals surface area contributed by atoms with Crippen molar-refractivity contribution in [3.8, 4) is 11.1 Å². The normalized spacial score (nSPS) is 12.5. The predicted octanol–water partition coefficient (Wildman–Crippen LogP) is 4.86. The number of halogens is 3. The summed E-state index contributed by atoms with van der Waals surface area (Å²) in [5.41, 5.74) is 2.76. The lowest BCUT2D eigenvalue weighted by atomic mass is 9.90. The fourth-order valence-electron chi connectivity index (χ4n) is 3.16. The molecule has 3 N–H and O–H groups in total. The van der Waals surface area contributed by atoms with Gasteiger partial charge in [0, 0.05) is 32.4 Å². The molecule has 3 nitrogen and oxygen atoms in total. The summed E-state index contributed by atoms with van der Waals surface area (Å²) in [7, 11) is 0. The highest BCUT2D eigenvalue weighted by Gasteiger charge is 2.19. The summed E-state index contributed by atoms with van der Waals surface area (Å²) < 4.78 is 0. The highest BCUT2D eigenvalue weighted by molar-refractivity contribution is 6.41. The summed E-state index contributed by atoms with van der Waals surface area (Å²) >= 11 is 19.3. The Morgan fingerprint density at radius 2 is 1.42 bits per heavy atom. The van der Waals surface area contributed by atoms with Crippen LogP contribution in [0.3, 0.4) is 0 Å². The van der Waals surface area contributed by atoms with Gasteiger partial charge < -0.3 is 15.3 Å². The van der Waals surface area contributed by atoms with E-state index >= 15 is 0 Å². The third kappa shape index (κ3) is 3.56. The number of hydrogen-bond acceptors (Lipinski definition) is 3. The Kier molecular flexibility index (Phi) is 6.08. The van der Waals surface area contributed by atoms with Crippen LogP contribution in [0.25, 0.3) is 21.9 Å². The smallest absolute Gasteiger partial charge is 0.0811 e. The van der Waals surface area contributed by atoms with E-state index in [-0.39, 0.29) is 19.6 Å². The minimum absolute atomic E-state index is 0.202. The van der Waals surface area contributed by atoms with Crippen LogP contribution in [-0.2, 0) is 13.0 Å². The van der Waals surface area contributed by atoms with Crippen molar-refractivity contribution < 1.29 is 15.3 Å². The van der Waals surface area contributed by atoms with E-state index in [1.165, 1.54) is 0 Å². The average Bonchev–Trinajstić information content (AvgIpc) is 2.63. The topological polar surface area (TPSA) is 60.7 Å². The molecule has 0 fully saturated rings. The first-order valence-corrected chi connectivity index (χ1v) is 9.18. The molecule has 0 spiro atoms. The SMILES string of the molecule is OCc1ccc2c(CC(O)CO)ccc(Cl)c2c1-c1c(Cl)cccc1Cl. The highest BCUT2D eigenvalue weighted by Crippen LogP contribution is 2.43. The molecule has 0 aliphatic carbocycles. The third-order valence-electron chi connectivity index (χ3n) is 4.36. The number of rotatable bonds is 5. The molecule has 0 aromatic heterocycles. The Balaban J connectivity index is 2.39. The van der Waals surface area contributed by atoms with Crippen molar-refractivity contribution in [1.82, 2.24) is 0 Å². The Bertz CT molecular complexity index is 936. The number of aliphatic hydroxyl groups is 3. The molecule has 0 radical (unpaired) electrons. The van der Waals surface area contributed by atoms with E-state index < -0.39 is 6.10 Å². The van der Waals surface area contributed by atoms with Gasteiger partial charge in [-0.1, -0.05) is 59.1 Å². The molecule has 3 aromatic rings. The number of hydrogen-bond donors (Lipinski definition) is 3. The molecular formula is C20H17Cl3O3. The molecule has 26 heavy (non-hydrogen) atoms. The largest absolute Gasteiger partial charge is 0.394 e. The van der Waals surface area contributed by atoms with Gasteiger partial charge in [-0.2, -0.15) is 0 Å². The van der Waals surface area contributed by atoms with Crippen molar-refractivity contribution >= 4 is 45.6 Å². The first kappa shape index (κ1) is 19.4. The fourth-order valence-corrected chi connectivity index (χ4v) is 4.00. The molecule has 0 heterocycles. The maximum Gasteiger partial charge on any atom is 0.0811 e. The standard InChI is InChI=1S/C20H17Cl3O3/c21-15-2-1-3-16(22)20(15)18-12(9-24)4-6-14-11(8-13(26)10-25)5-7-17(23)19(14)18/h1-7,13,24-26H,8-10H2. The second kappa shape index (κ2) is 8.13. The second-order valence-electron chi connectivity index (χ2n) is 6.02. The first-order valence-electron chi connectivity index (χ1n) is 8.05. The van der Waals surface area contributed by atoms with E-state index in [0.29, 0.717) is 37.1 Å². The van der Waals surface area contributed by atoms with Gasteiger partial charge in [-0.05, 0) is 40.3 Å². The van der Waals surface area contributed by atoms with E-state index in [1.54, 1.807) is 30.3 Å². The summed E-state index contributed by atoms with van der Waals surface area (Å²) in [6.07, 6.45) is -0.595. The van der Waals surface area contributed by atoms with Gasteiger partial charge in [0.2, 0.25) is 0 Å². The maximum atomic E-state index is 9.86. The Morgan fingerprint density at radius 1 is 0.769 bits per heavy atom. The van der Waals surface area contributed by atoms with Crippen LogP contribution in [0.1, 0.15) is 11.1 Å². The van der Waals surface area contributed by atoms with Crippen LogP contribution in [0.5, 0.6) is 0 Å². The van der Waals surface area contributed by atoms with Gasteiger partial charge in [0.15, 0.2) is 0 Å². The molecule has 1 atom stereocenters. The van der Waals surface area contributed by atoms with Crippen molar-refractivity contribution in [3.63, 3.8) is 0 Å². The summed E-state index contributed by atoms with van der Waals surface area (Å²) in [6.45, 7) is -0.533. The molecule has 0 saturated carbocycles. The molecule has 0 saturated heterocycles.